The van der Waals surface area contributed by atoms with Crippen LogP contribution in [0.4, 0.5) is 0 Å². The Morgan fingerprint density at radius 2 is 2.00 bits per heavy atom. The second-order valence-corrected chi connectivity index (χ2v) is 5.31. The number of Topliss-reactive ketones (excluding diaryl/α,β-unsaturated/α-hetero) is 1. The number of hydrogen-bond donors (Lipinski definition) is 1. The van der Waals surface area contributed by atoms with Gasteiger partial charge in [0.2, 0.25) is 0 Å². The maximum Gasteiger partial charge on any atom is 0.331 e. The fourth-order valence-corrected chi connectivity index (χ4v) is 2.24. The molecule has 116 valence electrons. The molecular formula is C15H22N2O4. The van der Waals surface area contributed by atoms with Crippen LogP contribution in [0.25, 0.3) is 0 Å². The third-order valence-electron chi connectivity index (χ3n) is 3.42. The van der Waals surface area contributed by atoms with E-state index in [1.165, 1.54) is 20.1 Å². The van der Waals surface area contributed by atoms with E-state index in [9.17, 15) is 14.4 Å². The summed E-state index contributed by atoms with van der Waals surface area (Å²) in [4.78, 5) is 35.6. The summed E-state index contributed by atoms with van der Waals surface area (Å²) in [6.45, 7) is 4.99. The number of ether oxygens (including phenoxy) is 1. The number of aromatic nitrogens is 1. The Kier molecular flexibility index (Phi) is 5.29. The van der Waals surface area contributed by atoms with Gasteiger partial charge in [0.25, 0.3) is 5.91 Å². The first kappa shape index (κ1) is 16.9. The van der Waals surface area contributed by atoms with Crippen LogP contribution in [0.2, 0.25) is 0 Å². The number of nitrogens with zero attached hydrogens (tertiary/aromatic N) is 1. The zero-order valence-electron chi connectivity index (χ0n) is 13.1. The number of carbonyl (C=O) groups excluding carboxylic acids is 3. The van der Waals surface area contributed by atoms with Crippen molar-refractivity contribution in [3.63, 3.8) is 0 Å². The predicted octanol–water partition coefficient (Wildman–Crippen LogP) is 1.69. The number of carbonyl (C=O) groups is 3. The number of methoxy groups -OCH3 is 1. The van der Waals surface area contributed by atoms with Crippen LogP contribution in [0.1, 0.15) is 54.5 Å². The molecule has 1 N–H and O–H groups in total. The van der Waals surface area contributed by atoms with E-state index in [1.54, 1.807) is 24.7 Å². The van der Waals surface area contributed by atoms with Crippen molar-refractivity contribution in [3.05, 3.63) is 23.5 Å². The molecule has 0 spiro atoms. The smallest absolute Gasteiger partial charge is 0.331 e. The Morgan fingerprint density at radius 3 is 2.43 bits per heavy atom. The highest BCUT2D eigenvalue weighted by molar-refractivity contribution is 6.01. The van der Waals surface area contributed by atoms with Crippen LogP contribution < -0.4 is 5.32 Å². The van der Waals surface area contributed by atoms with Gasteiger partial charge in [-0.25, -0.2) is 4.79 Å². The lowest BCUT2D eigenvalue weighted by molar-refractivity contribution is -0.147. The minimum atomic E-state index is -1.08. The summed E-state index contributed by atoms with van der Waals surface area (Å²) in [6, 6.07) is 1.52. The van der Waals surface area contributed by atoms with Crippen molar-refractivity contribution < 1.29 is 19.1 Å². The highest BCUT2D eigenvalue weighted by atomic mass is 16.5. The molecule has 6 nitrogen and oxygen atoms in total. The predicted molar refractivity (Wildman–Crippen MR) is 78.2 cm³/mol. The van der Waals surface area contributed by atoms with Gasteiger partial charge in [-0.1, -0.05) is 13.3 Å². The molecule has 1 heterocycles. The average Bonchev–Trinajstić information content (AvgIpc) is 2.80. The van der Waals surface area contributed by atoms with Crippen molar-refractivity contribution in [1.29, 1.82) is 0 Å². The zero-order valence-corrected chi connectivity index (χ0v) is 13.1. The summed E-state index contributed by atoms with van der Waals surface area (Å²) in [5.41, 5.74) is -0.300. The lowest BCUT2D eigenvalue weighted by atomic mass is 9.96. The lowest BCUT2D eigenvalue weighted by Gasteiger charge is -2.27. The Morgan fingerprint density at radius 1 is 1.38 bits per heavy atom. The fourth-order valence-electron chi connectivity index (χ4n) is 2.24. The van der Waals surface area contributed by atoms with E-state index in [4.69, 9.17) is 4.74 Å². The molecule has 0 bridgehead atoms. The van der Waals surface area contributed by atoms with Gasteiger partial charge < -0.3 is 14.6 Å². The molecule has 0 aliphatic rings. The molecule has 6 heteroatoms. The number of amides is 1. The summed E-state index contributed by atoms with van der Waals surface area (Å²) >= 11 is 0. The van der Waals surface area contributed by atoms with Crippen molar-refractivity contribution >= 4 is 17.7 Å². The van der Waals surface area contributed by atoms with Gasteiger partial charge in [-0.2, -0.15) is 0 Å². The summed E-state index contributed by atoms with van der Waals surface area (Å²) in [7, 11) is 2.97. The molecule has 0 aliphatic heterocycles. The van der Waals surface area contributed by atoms with Gasteiger partial charge in [0.15, 0.2) is 5.78 Å². The number of aryl methyl sites for hydroxylation is 1. The lowest BCUT2D eigenvalue weighted by Crippen LogP contribution is -2.53. The van der Waals surface area contributed by atoms with Crippen molar-refractivity contribution in [1.82, 2.24) is 9.88 Å². The topological polar surface area (TPSA) is 77.4 Å². The molecule has 0 saturated carbocycles. The molecule has 0 aliphatic carbocycles. The van der Waals surface area contributed by atoms with Crippen LogP contribution >= 0.6 is 0 Å². The van der Waals surface area contributed by atoms with Crippen molar-refractivity contribution in [2.75, 3.05) is 7.11 Å². The first-order valence-corrected chi connectivity index (χ1v) is 6.83. The normalized spacial score (nSPS) is 13.4. The molecule has 1 amide bonds. The van der Waals surface area contributed by atoms with Gasteiger partial charge in [0.1, 0.15) is 11.2 Å². The molecule has 21 heavy (non-hydrogen) atoms. The highest BCUT2D eigenvalue weighted by Crippen LogP contribution is 2.16. The second-order valence-electron chi connectivity index (χ2n) is 5.31. The molecule has 0 radical (unpaired) electrons. The van der Waals surface area contributed by atoms with E-state index < -0.39 is 17.4 Å². The van der Waals surface area contributed by atoms with Crippen LogP contribution in [-0.4, -0.2) is 34.9 Å². The number of nitrogens with one attached hydrogen (secondary N) is 1. The van der Waals surface area contributed by atoms with E-state index in [0.717, 1.165) is 6.42 Å². The molecule has 1 atom stereocenters. The van der Waals surface area contributed by atoms with Crippen LogP contribution in [0.15, 0.2) is 12.3 Å². The van der Waals surface area contributed by atoms with Crippen molar-refractivity contribution in [3.8, 4) is 0 Å². The Labute approximate surface area is 124 Å². The molecule has 1 unspecified atom stereocenters. The van der Waals surface area contributed by atoms with E-state index in [0.29, 0.717) is 17.7 Å². The van der Waals surface area contributed by atoms with E-state index in [-0.39, 0.29) is 5.78 Å². The fraction of sp³-hybridized carbons (Fsp3) is 0.533. The summed E-state index contributed by atoms with van der Waals surface area (Å²) in [5.74, 6) is -1.01. The Bertz CT molecular complexity index is 562. The third-order valence-corrected chi connectivity index (χ3v) is 3.42. The van der Waals surface area contributed by atoms with Crippen LogP contribution in [0, 0.1) is 0 Å². The second kappa shape index (κ2) is 6.56. The molecule has 1 aromatic rings. The first-order valence-electron chi connectivity index (χ1n) is 6.83. The number of rotatable bonds is 6. The summed E-state index contributed by atoms with van der Waals surface area (Å²) in [6.07, 6.45) is 2.78. The Hall–Kier alpha value is -2.11. The summed E-state index contributed by atoms with van der Waals surface area (Å²) < 4.78 is 6.33. The van der Waals surface area contributed by atoms with Crippen LogP contribution in [-0.2, 0) is 16.6 Å². The zero-order chi connectivity index (χ0) is 16.2. The minimum absolute atomic E-state index is 0.117. The van der Waals surface area contributed by atoms with E-state index in [1.807, 2.05) is 6.92 Å². The number of esters is 1. The molecule has 0 fully saturated rings. The minimum Gasteiger partial charge on any atom is -0.467 e. The number of ketones is 1. The van der Waals surface area contributed by atoms with E-state index >= 15 is 0 Å². The van der Waals surface area contributed by atoms with Gasteiger partial charge in [-0.15, -0.1) is 0 Å². The van der Waals surface area contributed by atoms with Gasteiger partial charge in [-0.05, 0) is 26.3 Å². The Balaban J connectivity index is 3.02. The molecule has 1 rings (SSSR count). The molecule has 1 aromatic heterocycles. The third kappa shape index (κ3) is 3.71. The van der Waals surface area contributed by atoms with Gasteiger partial charge in [-0.3, -0.25) is 9.59 Å². The van der Waals surface area contributed by atoms with Crippen molar-refractivity contribution in [2.24, 2.45) is 7.05 Å². The first-order chi connectivity index (χ1) is 9.75. The quantitative estimate of drug-likeness (QED) is 0.640. The number of hydrogen-bond acceptors (Lipinski definition) is 4. The average molecular weight is 294 g/mol. The van der Waals surface area contributed by atoms with Gasteiger partial charge in [0, 0.05) is 18.8 Å². The largest absolute Gasteiger partial charge is 0.467 e. The summed E-state index contributed by atoms with van der Waals surface area (Å²) in [5, 5.41) is 2.71. The molecular weight excluding hydrogens is 272 g/mol. The van der Waals surface area contributed by atoms with Crippen molar-refractivity contribution in [2.45, 2.75) is 39.2 Å². The van der Waals surface area contributed by atoms with Gasteiger partial charge >= 0.3 is 5.97 Å². The monoisotopic (exact) mass is 294 g/mol. The van der Waals surface area contributed by atoms with E-state index in [2.05, 4.69) is 5.32 Å². The maximum atomic E-state index is 12.4. The highest BCUT2D eigenvalue weighted by Gasteiger charge is 2.35. The molecule has 0 aromatic carbocycles. The standard InChI is InChI=1S/C15H22N2O4/c1-6-7-15(3,14(20)21-5)16-13(19)12-8-11(10(2)18)9-17(12)4/h8-9H,6-7H2,1-5H3,(H,16,19). The maximum absolute atomic E-state index is 12.4. The SMILES string of the molecule is CCCC(C)(NC(=O)c1cc(C(C)=O)cn1C)C(=O)OC. The van der Waals surface area contributed by atoms with Crippen LogP contribution in [0.5, 0.6) is 0 Å². The molecule has 0 saturated heterocycles. The van der Waals surface area contributed by atoms with Crippen LogP contribution in [0.3, 0.4) is 0 Å². The van der Waals surface area contributed by atoms with Gasteiger partial charge in [0.05, 0.1) is 7.11 Å².